The van der Waals surface area contributed by atoms with Gasteiger partial charge >= 0.3 is 0 Å². The van der Waals surface area contributed by atoms with E-state index in [9.17, 15) is 4.79 Å². The second-order valence-corrected chi connectivity index (χ2v) is 3.79. The van der Waals surface area contributed by atoms with E-state index < -0.39 is 0 Å². The third kappa shape index (κ3) is 2.97. The second-order valence-electron chi connectivity index (χ2n) is 3.79. The Balaban J connectivity index is 2.31. The maximum Gasteiger partial charge on any atom is 0.233 e. The first kappa shape index (κ1) is 10.5. The lowest BCUT2D eigenvalue weighted by molar-refractivity contribution is -0.121. The lowest BCUT2D eigenvalue weighted by atomic mass is 10.2. The van der Waals surface area contributed by atoms with Gasteiger partial charge in [0.1, 0.15) is 0 Å². The Labute approximate surface area is 79.9 Å². The average molecular weight is 185 g/mol. The lowest BCUT2D eigenvalue weighted by Gasteiger charge is -2.22. The summed E-state index contributed by atoms with van der Waals surface area (Å²) in [6, 6.07) is 0.544. The standard InChI is InChI=1S/C9H19N3O/c1-10-9(13)7-12(3)8-4-5-11(2)6-8/h8H,4-7H2,1-3H3,(H,10,13). The summed E-state index contributed by atoms with van der Waals surface area (Å²) in [7, 11) is 5.81. The summed E-state index contributed by atoms with van der Waals surface area (Å²) in [4.78, 5) is 15.5. The first-order valence-corrected chi connectivity index (χ1v) is 4.73. The molecule has 13 heavy (non-hydrogen) atoms. The fourth-order valence-corrected chi connectivity index (χ4v) is 1.71. The normalized spacial score (nSPS) is 23.8. The minimum absolute atomic E-state index is 0.0945. The van der Waals surface area contributed by atoms with Gasteiger partial charge in [-0.05, 0) is 27.1 Å². The van der Waals surface area contributed by atoms with Crippen molar-refractivity contribution in [3.05, 3.63) is 0 Å². The molecule has 1 unspecified atom stereocenters. The largest absolute Gasteiger partial charge is 0.358 e. The van der Waals surface area contributed by atoms with Crippen LogP contribution in [0, 0.1) is 0 Å². The minimum Gasteiger partial charge on any atom is -0.358 e. The molecular weight excluding hydrogens is 166 g/mol. The molecule has 1 saturated heterocycles. The molecule has 0 saturated carbocycles. The summed E-state index contributed by atoms with van der Waals surface area (Å²) >= 11 is 0. The Morgan fingerprint density at radius 2 is 2.38 bits per heavy atom. The Morgan fingerprint density at radius 1 is 1.69 bits per heavy atom. The Bertz CT molecular complexity index is 184. The Hall–Kier alpha value is -0.610. The first-order valence-electron chi connectivity index (χ1n) is 4.73. The van der Waals surface area contributed by atoms with Gasteiger partial charge in [0.05, 0.1) is 6.54 Å². The highest BCUT2D eigenvalue weighted by atomic mass is 16.1. The van der Waals surface area contributed by atoms with Crippen LogP contribution in [0.1, 0.15) is 6.42 Å². The highest BCUT2D eigenvalue weighted by molar-refractivity contribution is 5.77. The maximum absolute atomic E-state index is 11.1. The molecule has 4 nitrogen and oxygen atoms in total. The molecule has 0 aromatic heterocycles. The topological polar surface area (TPSA) is 35.6 Å². The monoisotopic (exact) mass is 185 g/mol. The molecule has 0 spiro atoms. The third-order valence-corrected chi connectivity index (χ3v) is 2.66. The molecule has 0 radical (unpaired) electrons. The van der Waals surface area contributed by atoms with Crippen molar-refractivity contribution < 1.29 is 4.79 Å². The van der Waals surface area contributed by atoms with Gasteiger partial charge < -0.3 is 10.2 Å². The number of nitrogens with one attached hydrogen (secondary N) is 1. The van der Waals surface area contributed by atoms with Crippen LogP contribution >= 0.6 is 0 Å². The van der Waals surface area contributed by atoms with Gasteiger partial charge in [-0.2, -0.15) is 0 Å². The zero-order valence-corrected chi connectivity index (χ0v) is 8.71. The predicted octanol–water partition coefficient (Wildman–Crippen LogP) is -0.632. The van der Waals surface area contributed by atoms with E-state index in [-0.39, 0.29) is 5.91 Å². The predicted molar refractivity (Wildman–Crippen MR) is 52.6 cm³/mol. The fraction of sp³-hybridized carbons (Fsp3) is 0.889. The smallest absolute Gasteiger partial charge is 0.233 e. The summed E-state index contributed by atoms with van der Waals surface area (Å²) < 4.78 is 0. The summed E-state index contributed by atoms with van der Waals surface area (Å²) in [5, 5.41) is 2.64. The SMILES string of the molecule is CNC(=O)CN(C)C1CCN(C)C1. The number of carbonyl (C=O) groups is 1. The second kappa shape index (κ2) is 4.58. The van der Waals surface area contributed by atoms with Crippen LogP contribution in [0.5, 0.6) is 0 Å². The number of hydrogen-bond acceptors (Lipinski definition) is 3. The van der Waals surface area contributed by atoms with Crippen LogP contribution in [-0.2, 0) is 4.79 Å². The van der Waals surface area contributed by atoms with Gasteiger partial charge in [0.15, 0.2) is 0 Å². The van der Waals surface area contributed by atoms with Crippen molar-refractivity contribution in [3.8, 4) is 0 Å². The molecule has 1 aliphatic heterocycles. The molecule has 76 valence electrons. The van der Waals surface area contributed by atoms with Crippen LogP contribution in [0.2, 0.25) is 0 Å². The summed E-state index contributed by atoms with van der Waals surface area (Å²) in [6.45, 7) is 2.73. The molecule has 0 bridgehead atoms. The van der Waals surface area contributed by atoms with E-state index in [2.05, 4.69) is 22.2 Å². The molecule has 1 N–H and O–H groups in total. The number of hydrogen-bond donors (Lipinski definition) is 1. The summed E-state index contributed by atoms with van der Waals surface area (Å²) in [5.74, 6) is 0.0945. The molecule has 0 aliphatic carbocycles. The Morgan fingerprint density at radius 3 is 2.85 bits per heavy atom. The molecule has 1 amide bonds. The number of amides is 1. The highest BCUT2D eigenvalue weighted by Crippen LogP contribution is 2.11. The van der Waals surface area contributed by atoms with Crippen LogP contribution in [0.3, 0.4) is 0 Å². The van der Waals surface area contributed by atoms with Crippen molar-refractivity contribution in [1.82, 2.24) is 15.1 Å². The van der Waals surface area contributed by atoms with Crippen LogP contribution in [-0.4, -0.2) is 62.5 Å². The number of likely N-dealkylation sites (N-methyl/N-ethyl adjacent to an activating group) is 3. The van der Waals surface area contributed by atoms with Crippen LogP contribution in [0.25, 0.3) is 0 Å². The third-order valence-electron chi connectivity index (χ3n) is 2.66. The fourth-order valence-electron chi connectivity index (χ4n) is 1.71. The van der Waals surface area contributed by atoms with Crippen LogP contribution < -0.4 is 5.32 Å². The van der Waals surface area contributed by atoms with E-state index in [0.717, 1.165) is 13.1 Å². The zero-order valence-electron chi connectivity index (χ0n) is 8.71. The van der Waals surface area contributed by atoms with Gasteiger partial charge in [-0.15, -0.1) is 0 Å². The molecule has 1 rings (SSSR count). The summed E-state index contributed by atoms with van der Waals surface area (Å²) in [6.07, 6.45) is 1.17. The molecular formula is C9H19N3O. The quantitative estimate of drug-likeness (QED) is 0.636. The van der Waals surface area contributed by atoms with E-state index in [1.54, 1.807) is 7.05 Å². The number of rotatable bonds is 3. The van der Waals surface area contributed by atoms with Gasteiger partial charge in [0, 0.05) is 19.6 Å². The van der Waals surface area contributed by atoms with Crippen molar-refractivity contribution in [3.63, 3.8) is 0 Å². The van der Waals surface area contributed by atoms with E-state index in [0.29, 0.717) is 12.6 Å². The van der Waals surface area contributed by atoms with Gasteiger partial charge in [0.2, 0.25) is 5.91 Å². The van der Waals surface area contributed by atoms with Crippen molar-refractivity contribution in [2.24, 2.45) is 0 Å². The van der Waals surface area contributed by atoms with Crippen molar-refractivity contribution >= 4 is 5.91 Å². The van der Waals surface area contributed by atoms with E-state index in [1.165, 1.54) is 6.42 Å². The van der Waals surface area contributed by atoms with E-state index in [1.807, 2.05) is 7.05 Å². The lowest BCUT2D eigenvalue weighted by Crippen LogP contribution is -2.40. The van der Waals surface area contributed by atoms with Gasteiger partial charge in [-0.1, -0.05) is 0 Å². The molecule has 4 heteroatoms. The molecule has 0 aromatic carbocycles. The van der Waals surface area contributed by atoms with Gasteiger partial charge in [-0.25, -0.2) is 0 Å². The zero-order chi connectivity index (χ0) is 9.84. The minimum atomic E-state index is 0.0945. The molecule has 1 atom stereocenters. The average Bonchev–Trinajstić information content (AvgIpc) is 2.51. The first-order chi connectivity index (χ1) is 6.13. The number of nitrogens with zero attached hydrogens (tertiary/aromatic N) is 2. The number of carbonyl (C=O) groups excluding carboxylic acids is 1. The van der Waals surface area contributed by atoms with Crippen LogP contribution in [0.15, 0.2) is 0 Å². The molecule has 1 fully saturated rings. The highest BCUT2D eigenvalue weighted by Gasteiger charge is 2.23. The van der Waals surface area contributed by atoms with Crippen molar-refractivity contribution in [1.29, 1.82) is 0 Å². The Kier molecular flexibility index (Phi) is 3.69. The van der Waals surface area contributed by atoms with Crippen LogP contribution in [0.4, 0.5) is 0 Å². The van der Waals surface area contributed by atoms with Crippen molar-refractivity contribution in [2.75, 3.05) is 40.8 Å². The van der Waals surface area contributed by atoms with E-state index >= 15 is 0 Å². The van der Waals surface area contributed by atoms with E-state index in [4.69, 9.17) is 0 Å². The van der Waals surface area contributed by atoms with Gasteiger partial charge in [-0.3, -0.25) is 9.69 Å². The molecule has 1 heterocycles. The summed E-state index contributed by atoms with van der Waals surface area (Å²) in [5.41, 5.74) is 0. The molecule has 0 aromatic rings. The van der Waals surface area contributed by atoms with Crippen molar-refractivity contribution in [2.45, 2.75) is 12.5 Å². The maximum atomic E-state index is 11.1. The van der Waals surface area contributed by atoms with Gasteiger partial charge in [0.25, 0.3) is 0 Å². The molecule has 1 aliphatic rings. The number of likely N-dealkylation sites (tertiary alicyclic amines) is 1.